The summed E-state index contributed by atoms with van der Waals surface area (Å²) in [5.41, 5.74) is 5.70. The normalized spacial score (nSPS) is 13.1. The lowest BCUT2D eigenvalue weighted by molar-refractivity contribution is 0.261. The van der Waals surface area contributed by atoms with Gasteiger partial charge in [-0.05, 0) is 61.0 Å². The molecule has 0 aromatic heterocycles. The van der Waals surface area contributed by atoms with Crippen molar-refractivity contribution in [2.75, 3.05) is 27.2 Å². The fraction of sp³-hybridized carbons (Fsp3) is 0.231. The van der Waals surface area contributed by atoms with E-state index in [2.05, 4.69) is 65.6 Å². The molecule has 1 atom stereocenters. The zero-order valence-electron chi connectivity index (χ0n) is 17.3. The highest BCUT2D eigenvalue weighted by atomic mass is 35.5. The average Bonchev–Trinajstić information content (AvgIpc) is 2.73. The van der Waals surface area contributed by atoms with Crippen molar-refractivity contribution in [3.63, 3.8) is 0 Å². The second-order valence-corrected chi connectivity index (χ2v) is 7.97. The molecule has 3 aromatic rings. The molecule has 0 amide bonds. The highest BCUT2D eigenvalue weighted by molar-refractivity contribution is 6.28. The van der Waals surface area contributed by atoms with Crippen molar-refractivity contribution in [3.05, 3.63) is 102 Å². The van der Waals surface area contributed by atoms with E-state index in [9.17, 15) is 0 Å². The standard InChI is InChI=1S/C26H28ClNO/c1-20(27)25(21-10-6-4-7-11-21)26(22-12-8-5-9-13-22)23-14-16-24(17-15-23)29-19-18-28(2)3/h4-17,20H,18-19H2,1-3H3/b26-25+. The number of rotatable bonds is 8. The SMILES string of the molecule is CC(Cl)/C(=C(/c1ccccc1)c1ccc(OCCN(C)C)cc1)c1ccccc1. The lowest BCUT2D eigenvalue weighted by atomic mass is 9.88. The molecule has 0 bridgehead atoms. The van der Waals surface area contributed by atoms with Crippen LogP contribution in [-0.4, -0.2) is 37.5 Å². The molecule has 3 rings (SSSR count). The third kappa shape index (κ3) is 5.72. The Hall–Kier alpha value is -2.55. The largest absolute Gasteiger partial charge is 0.492 e. The molecule has 29 heavy (non-hydrogen) atoms. The number of allylic oxidation sites excluding steroid dienone is 1. The first-order valence-corrected chi connectivity index (χ1v) is 10.4. The van der Waals surface area contributed by atoms with Crippen molar-refractivity contribution < 1.29 is 4.74 Å². The van der Waals surface area contributed by atoms with Gasteiger partial charge in [-0.3, -0.25) is 0 Å². The Labute approximate surface area is 179 Å². The predicted molar refractivity (Wildman–Crippen MR) is 125 cm³/mol. The summed E-state index contributed by atoms with van der Waals surface area (Å²) >= 11 is 6.72. The summed E-state index contributed by atoms with van der Waals surface area (Å²) < 4.78 is 5.87. The first-order chi connectivity index (χ1) is 14.1. The number of alkyl halides is 1. The van der Waals surface area contributed by atoms with Crippen LogP contribution in [0.15, 0.2) is 84.9 Å². The van der Waals surface area contributed by atoms with Crippen LogP contribution in [0.1, 0.15) is 23.6 Å². The van der Waals surface area contributed by atoms with Gasteiger partial charge < -0.3 is 9.64 Å². The quantitative estimate of drug-likeness (QED) is 0.326. The minimum Gasteiger partial charge on any atom is -0.492 e. The van der Waals surface area contributed by atoms with E-state index in [4.69, 9.17) is 16.3 Å². The van der Waals surface area contributed by atoms with Gasteiger partial charge in [-0.15, -0.1) is 11.6 Å². The topological polar surface area (TPSA) is 12.5 Å². The van der Waals surface area contributed by atoms with Gasteiger partial charge in [0, 0.05) is 6.54 Å². The Bertz CT molecular complexity index is 916. The molecule has 0 heterocycles. The highest BCUT2D eigenvalue weighted by Crippen LogP contribution is 2.36. The van der Waals surface area contributed by atoms with Crippen molar-refractivity contribution in [3.8, 4) is 5.75 Å². The molecule has 1 unspecified atom stereocenters. The number of hydrogen-bond donors (Lipinski definition) is 0. The van der Waals surface area contributed by atoms with E-state index >= 15 is 0 Å². The van der Waals surface area contributed by atoms with Gasteiger partial charge in [0.05, 0.1) is 5.38 Å². The molecule has 2 nitrogen and oxygen atoms in total. The van der Waals surface area contributed by atoms with Gasteiger partial charge in [-0.2, -0.15) is 0 Å². The van der Waals surface area contributed by atoms with Crippen LogP contribution < -0.4 is 4.74 Å². The molecule has 0 spiro atoms. The van der Waals surface area contributed by atoms with E-state index in [1.54, 1.807) is 0 Å². The molecule has 150 valence electrons. The Morgan fingerprint density at radius 3 is 1.83 bits per heavy atom. The van der Waals surface area contributed by atoms with Crippen LogP contribution in [0.5, 0.6) is 5.75 Å². The van der Waals surface area contributed by atoms with Gasteiger partial charge in [0.1, 0.15) is 12.4 Å². The van der Waals surface area contributed by atoms with E-state index in [1.807, 2.05) is 45.3 Å². The Kier molecular flexibility index (Phi) is 7.51. The number of nitrogens with zero attached hydrogens (tertiary/aromatic N) is 1. The smallest absolute Gasteiger partial charge is 0.119 e. The van der Waals surface area contributed by atoms with Crippen LogP contribution in [0.4, 0.5) is 0 Å². The predicted octanol–water partition coefficient (Wildman–Crippen LogP) is 6.21. The molecule has 0 N–H and O–H groups in total. The molecule has 0 saturated carbocycles. The van der Waals surface area contributed by atoms with Crippen molar-refractivity contribution in [1.29, 1.82) is 0 Å². The molecule has 0 aliphatic rings. The molecular weight excluding hydrogens is 378 g/mol. The molecular formula is C26H28ClNO. The molecule has 0 radical (unpaired) electrons. The summed E-state index contributed by atoms with van der Waals surface area (Å²) in [5.74, 6) is 0.878. The van der Waals surface area contributed by atoms with Crippen LogP contribution in [0.25, 0.3) is 11.1 Å². The van der Waals surface area contributed by atoms with Crippen molar-refractivity contribution in [1.82, 2.24) is 4.90 Å². The van der Waals surface area contributed by atoms with Gasteiger partial charge >= 0.3 is 0 Å². The Morgan fingerprint density at radius 1 is 0.793 bits per heavy atom. The molecule has 0 aliphatic carbocycles. The van der Waals surface area contributed by atoms with E-state index in [-0.39, 0.29) is 5.38 Å². The zero-order valence-corrected chi connectivity index (χ0v) is 18.1. The number of ether oxygens (including phenoxy) is 1. The summed E-state index contributed by atoms with van der Waals surface area (Å²) in [6.07, 6.45) is 0. The maximum absolute atomic E-state index is 6.72. The minimum atomic E-state index is -0.136. The van der Waals surface area contributed by atoms with Crippen molar-refractivity contribution in [2.24, 2.45) is 0 Å². The molecule has 0 aliphatic heterocycles. The number of benzene rings is 3. The van der Waals surface area contributed by atoms with E-state index in [1.165, 1.54) is 0 Å². The van der Waals surface area contributed by atoms with Gasteiger partial charge in [-0.1, -0.05) is 72.8 Å². The second kappa shape index (κ2) is 10.3. The monoisotopic (exact) mass is 405 g/mol. The van der Waals surface area contributed by atoms with E-state index in [0.29, 0.717) is 6.61 Å². The third-order valence-electron chi connectivity index (χ3n) is 4.76. The number of likely N-dealkylation sites (N-methyl/N-ethyl adjacent to an activating group) is 1. The Balaban J connectivity index is 2.05. The summed E-state index contributed by atoms with van der Waals surface area (Å²) in [7, 11) is 4.09. The van der Waals surface area contributed by atoms with Gasteiger partial charge in [0.25, 0.3) is 0 Å². The van der Waals surface area contributed by atoms with Gasteiger partial charge in [0.2, 0.25) is 0 Å². The van der Waals surface area contributed by atoms with Gasteiger partial charge in [0.15, 0.2) is 0 Å². The summed E-state index contributed by atoms with van der Waals surface area (Å²) in [6, 6.07) is 29.1. The fourth-order valence-electron chi connectivity index (χ4n) is 3.34. The van der Waals surface area contributed by atoms with E-state index in [0.717, 1.165) is 40.1 Å². The maximum atomic E-state index is 6.72. The van der Waals surface area contributed by atoms with Crippen molar-refractivity contribution in [2.45, 2.75) is 12.3 Å². The molecule has 0 saturated heterocycles. The first kappa shape index (κ1) is 21.2. The third-order valence-corrected chi connectivity index (χ3v) is 4.98. The summed E-state index contributed by atoms with van der Waals surface area (Å²) in [5, 5.41) is -0.136. The Morgan fingerprint density at radius 2 is 1.31 bits per heavy atom. The lowest BCUT2D eigenvalue weighted by Crippen LogP contribution is -2.19. The first-order valence-electron chi connectivity index (χ1n) is 9.93. The number of halogens is 1. The van der Waals surface area contributed by atoms with Crippen LogP contribution in [0, 0.1) is 0 Å². The van der Waals surface area contributed by atoms with Crippen LogP contribution in [-0.2, 0) is 0 Å². The van der Waals surface area contributed by atoms with Crippen LogP contribution >= 0.6 is 11.6 Å². The molecule has 0 fully saturated rings. The number of hydrogen-bond acceptors (Lipinski definition) is 2. The van der Waals surface area contributed by atoms with E-state index < -0.39 is 0 Å². The maximum Gasteiger partial charge on any atom is 0.119 e. The van der Waals surface area contributed by atoms with Crippen LogP contribution in [0.3, 0.4) is 0 Å². The lowest BCUT2D eigenvalue weighted by Gasteiger charge is -2.19. The average molecular weight is 406 g/mol. The second-order valence-electron chi connectivity index (χ2n) is 7.31. The zero-order chi connectivity index (χ0) is 20.6. The summed E-state index contributed by atoms with van der Waals surface area (Å²) in [6.45, 7) is 3.59. The molecule has 3 aromatic carbocycles. The fourth-order valence-corrected chi connectivity index (χ4v) is 3.57. The van der Waals surface area contributed by atoms with Gasteiger partial charge in [-0.25, -0.2) is 0 Å². The minimum absolute atomic E-state index is 0.136. The highest BCUT2D eigenvalue weighted by Gasteiger charge is 2.18. The van der Waals surface area contributed by atoms with Crippen molar-refractivity contribution >= 4 is 22.7 Å². The molecule has 3 heteroatoms. The van der Waals surface area contributed by atoms with Crippen LogP contribution in [0.2, 0.25) is 0 Å². The summed E-state index contributed by atoms with van der Waals surface area (Å²) in [4.78, 5) is 2.11.